The Bertz CT molecular complexity index is 1040. The topological polar surface area (TPSA) is 37.8 Å². The van der Waals surface area contributed by atoms with Gasteiger partial charge in [0.2, 0.25) is 0 Å². The quantitative estimate of drug-likeness (QED) is 0.505. The molecule has 0 unspecified atom stereocenters. The Balaban J connectivity index is 1.67. The number of anilines is 2. The van der Waals surface area contributed by atoms with Gasteiger partial charge < -0.3 is 14.4 Å². The lowest BCUT2D eigenvalue weighted by molar-refractivity contribution is 0.355. The van der Waals surface area contributed by atoms with Crippen LogP contribution in [0.4, 0.5) is 15.8 Å². The van der Waals surface area contributed by atoms with Gasteiger partial charge in [-0.2, -0.15) is 0 Å². The van der Waals surface area contributed by atoms with Gasteiger partial charge in [0.1, 0.15) is 12.5 Å². The van der Waals surface area contributed by atoms with Crippen LogP contribution in [0.15, 0.2) is 59.8 Å². The second-order valence-electron chi connectivity index (χ2n) is 6.43. The maximum absolute atomic E-state index is 14.4. The molecular weight excluding hydrogens is 413 g/mol. The predicted molar refractivity (Wildman–Crippen MR) is 115 cm³/mol. The van der Waals surface area contributed by atoms with Crippen LogP contribution in [-0.4, -0.2) is 25.9 Å². The van der Waals surface area contributed by atoms with Crippen molar-refractivity contribution >= 4 is 34.9 Å². The molecular formula is C21H19ClFN3O2S. The lowest BCUT2D eigenvalue weighted by atomic mass is 10.2. The highest BCUT2D eigenvalue weighted by Gasteiger charge is 2.25. The smallest absolute Gasteiger partial charge is 0.162 e. The van der Waals surface area contributed by atoms with E-state index in [1.165, 1.54) is 6.07 Å². The van der Waals surface area contributed by atoms with Gasteiger partial charge in [-0.3, -0.25) is 9.29 Å². The maximum atomic E-state index is 14.4. The number of hydrogen-bond acceptors (Lipinski definition) is 6. The number of benzene rings is 2. The van der Waals surface area contributed by atoms with Gasteiger partial charge in [-0.05, 0) is 42.3 Å². The first-order valence-electron chi connectivity index (χ1n) is 8.89. The minimum absolute atomic E-state index is 0.316. The first-order chi connectivity index (χ1) is 14.1. The molecule has 0 radical (unpaired) electrons. The molecule has 0 aliphatic carbocycles. The SMILES string of the molecule is COc1ccc(N2CN(Cc3ccc(Cl)cc3F)c3ccncc3S2)cc1OC. The molecule has 0 amide bonds. The Labute approximate surface area is 178 Å². The summed E-state index contributed by atoms with van der Waals surface area (Å²) in [4.78, 5) is 7.34. The Morgan fingerprint density at radius 1 is 1.10 bits per heavy atom. The van der Waals surface area contributed by atoms with E-state index in [4.69, 9.17) is 21.1 Å². The van der Waals surface area contributed by atoms with Crippen LogP contribution in [0.2, 0.25) is 5.02 Å². The third kappa shape index (κ3) is 4.06. The molecule has 2 aromatic carbocycles. The molecule has 0 bridgehead atoms. The predicted octanol–water partition coefficient (Wildman–Crippen LogP) is 5.38. The van der Waals surface area contributed by atoms with E-state index in [0.717, 1.165) is 16.3 Å². The van der Waals surface area contributed by atoms with Crippen molar-refractivity contribution in [1.29, 1.82) is 0 Å². The van der Waals surface area contributed by atoms with E-state index in [2.05, 4.69) is 14.2 Å². The van der Waals surface area contributed by atoms with Crippen molar-refractivity contribution < 1.29 is 13.9 Å². The van der Waals surface area contributed by atoms with Gasteiger partial charge in [-0.25, -0.2) is 4.39 Å². The number of hydrogen-bond donors (Lipinski definition) is 0. The molecule has 150 valence electrons. The highest BCUT2D eigenvalue weighted by atomic mass is 35.5. The summed E-state index contributed by atoms with van der Waals surface area (Å²) < 4.78 is 27.3. The first-order valence-corrected chi connectivity index (χ1v) is 10.0. The van der Waals surface area contributed by atoms with Crippen molar-refractivity contribution in [2.24, 2.45) is 0 Å². The molecule has 0 N–H and O–H groups in total. The second-order valence-corrected chi connectivity index (χ2v) is 7.93. The zero-order chi connectivity index (χ0) is 20.4. The Morgan fingerprint density at radius 3 is 2.69 bits per heavy atom. The minimum atomic E-state index is -0.316. The highest BCUT2D eigenvalue weighted by Crippen LogP contribution is 2.42. The fourth-order valence-electron chi connectivity index (χ4n) is 3.19. The highest BCUT2D eigenvalue weighted by molar-refractivity contribution is 8.00. The lowest BCUT2D eigenvalue weighted by Gasteiger charge is -2.38. The van der Waals surface area contributed by atoms with Crippen LogP contribution < -0.4 is 18.7 Å². The summed E-state index contributed by atoms with van der Waals surface area (Å²) in [6, 6.07) is 12.5. The summed E-state index contributed by atoms with van der Waals surface area (Å²) in [5.41, 5.74) is 2.54. The maximum Gasteiger partial charge on any atom is 0.162 e. The number of aromatic nitrogens is 1. The van der Waals surface area contributed by atoms with E-state index in [1.54, 1.807) is 44.5 Å². The van der Waals surface area contributed by atoms with Crippen molar-refractivity contribution in [3.63, 3.8) is 0 Å². The van der Waals surface area contributed by atoms with Crippen molar-refractivity contribution in [2.75, 3.05) is 30.1 Å². The van der Waals surface area contributed by atoms with Gasteiger partial charge in [-0.15, -0.1) is 0 Å². The number of nitrogens with zero attached hydrogens (tertiary/aromatic N) is 3. The van der Waals surface area contributed by atoms with Gasteiger partial charge >= 0.3 is 0 Å². The molecule has 1 aliphatic heterocycles. The van der Waals surface area contributed by atoms with Gasteiger partial charge in [0.05, 0.1) is 30.5 Å². The van der Waals surface area contributed by atoms with Crippen LogP contribution in [-0.2, 0) is 6.54 Å². The molecule has 1 aromatic heterocycles. The molecule has 0 saturated heterocycles. The first kappa shape index (κ1) is 19.7. The van der Waals surface area contributed by atoms with Crippen molar-refractivity contribution in [3.8, 4) is 11.5 Å². The van der Waals surface area contributed by atoms with Gasteiger partial charge in [0.25, 0.3) is 0 Å². The summed E-state index contributed by atoms with van der Waals surface area (Å²) in [5, 5.41) is 0.386. The van der Waals surface area contributed by atoms with Crippen LogP contribution in [0.1, 0.15) is 5.56 Å². The lowest BCUT2D eigenvalue weighted by Crippen LogP contribution is -2.37. The Morgan fingerprint density at radius 2 is 1.93 bits per heavy atom. The molecule has 3 aromatic rings. The summed E-state index contributed by atoms with van der Waals surface area (Å²) in [5.74, 6) is 1.00. The molecule has 8 heteroatoms. The Kier molecular flexibility index (Phi) is 5.69. The molecule has 0 saturated carbocycles. The van der Waals surface area contributed by atoms with E-state index in [-0.39, 0.29) is 5.82 Å². The van der Waals surface area contributed by atoms with Crippen molar-refractivity contribution in [2.45, 2.75) is 11.4 Å². The largest absolute Gasteiger partial charge is 0.493 e. The molecule has 5 nitrogen and oxygen atoms in total. The molecule has 0 spiro atoms. The zero-order valence-electron chi connectivity index (χ0n) is 15.9. The zero-order valence-corrected chi connectivity index (χ0v) is 17.5. The number of ether oxygens (including phenoxy) is 2. The summed E-state index contributed by atoms with van der Waals surface area (Å²) >= 11 is 7.48. The van der Waals surface area contributed by atoms with Crippen LogP contribution in [0.3, 0.4) is 0 Å². The monoisotopic (exact) mass is 431 g/mol. The number of halogens is 2. The Hall–Kier alpha value is -2.64. The summed E-state index contributed by atoms with van der Waals surface area (Å²) in [6.45, 7) is 0.962. The fraction of sp³-hybridized carbons (Fsp3) is 0.190. The van der Waals surface area contributed by atoms with Crippen LogP contribution in [0.25, 0.3) is 0 Å². The molecule has 29 heavy (non-hydrogen) atoms. The molecule has 0 fully saturated rings. The van der Waals surface area contributed by atoms with E-state index in [1.807, 2.05) is 30.5 Å². The van der Waals surface area contributed by atoms with Crippen molar-refractivity contribution in [3.05, 3.63) is 71.3 Å². The van der Waals surface area contributed by atoms with Crippen molar-refractivity contribution in [1.82, 2.24) is 4.98 Å². The van der Waals surface area contributed by atoms with E-state index in [9.17, 15) is 4.39 Å². The van der Waals surface area contributed by atoms with Gasteiger partial charge in [0.15, 0.2) is 11.5 Å². The average Bonchev–Trinajstić information content (AvgIpc) is 2.75. The fourth-order valence-corrected chi connectivity index (χ4v) is 4.40. The van der Waals surface area contributed by atoms with Crippen LogP contribution >= 0.6 is 23.5 Å². The number of fused-ring (bicyclic) bond motifs is 1. The van der Waals surface area contributed by atoms with E-state index >= 15 is 0 Å². The number of methoxy groups -OCH3 is 2. The average molecular weight is 432 g/mol. The standard InChI is InChI=1S/C21H19ClFN3O2S/c1-27-19-6-5-16(10-20(19)28-2)26-13-25(18-7-8-24-11-21(18)29-26)12-14-3-4-15(22)9-17(14)23/h3-11H,12-13H2,1-2H3. The number of rotatable bonds is 5. The number of pyridine rings is 1. The van der Waals surface area contributed by atoms with Gasteiger partial charge in [-0.1, -0.05) is 17.7 Å². The van der Waals surface area contributed by atoms with Crippen LogP contribution in [0.5, 0.6) is 11.5 Å². The molecule has 4 rings (SSSR count). The second kappa shape index (κ2) is 8.39. The normalized spacial score (nSPS) is 13.2. The summed E-state index contributed by atoms with van der Waals surface area (Å²) in [7, 11) is 3.22. The van der Waals surface area contributed by atoms with E-state index < -0.39 is 0 Å². The molecule has 2 heterocycles. The minimum Gasteiger partial charge on any atom is -0.493 e. The molecule has 0 atom stereocenters. The van der Waals surface area contributed by atoms with E-state index in [0.29, 0.717) is 35.3 Å². The summed E-state index contributed by atoms with van der Waals surface area (Å²) in [6.07, 6.45) is 3.56. The molecule has 1 aliphatic rings. The third-order valence-electron chi connectivity index (χ3n) is 4.64. The van der Waals surface area contributed by atoms with Gasteiger partial charge in [0, 0.05) is 35.6 Å². The van der Waals surface area contributed by atoms with Crippen LogP contribution in [0, 0.1) is 5.82 Å². The third-order valence-corrected chi connectivity index (χ3v) is 5.94.